The number of halogens is 2. The fourth-order valence-corrected chi connectivity index (χ4v) is 2.22. The molecule has 5 nitrogen and oxygen atoms in total. The lowest BCUT2D eigenvalue weighted by atomic mass is 9.81. The number of alkyl halides is 2. The lowest BCUT2D eigenvalue weighted by Crippen LogP contribution is -2.37. The van der Waals surface area contributed by atoms with Gasteiger partial charge in [-0.25, -0.2) is 8.78 Å². The molecule has 1 fully saturated rings. The van der Waals surface area contributed by atoms with Crippen molar-refractivity contribution >= 4 is 11.9 Å². The van der Waals surface area contributed by atoms with Gasteiger partial charge in [-0.2, -0.15) is 0 Å². The van der Waals surface area contributed by atoms with Gasteiger partial charge in [0.1, 0.15) is 6.61 Å². The van der Waals surface area contributed by atoms with Crippen LogP contribution in [0.4, 0.5) is 8.78 Å². The van der Waals surface area contributed by atoms with Crippen molar-refractivity contribution in [3.63, 3.8) is 0 Å². The van der Waals surface area contributed by atoms with Gasteiger partial charge in [0.2, 0.25) is 5.91 Å². The molecule has 0 spiro atoms. The molecule has 0 bridgehead atoms. The fraction of sp³-hybridized carbons (Fsp3) is 0.833. The van der Waals surface area contributed by atoms with Crippen molar-refractivity contribution in [3.05, 3.63) is 0 Å². The van der Waals surface area contributed by atoms with Gasteiger partial charge in [-0.05, 0) is 19.3 Å². The highest BCUT2D eigenvalue weighted by atomic mass is 19.3. The maximum Gasteiger partial charge on any atom is 0.306 e. The summed E-state index contributed by atoms with van der Waals surface area (Å²) in [6.07, 6.45) is -0.162. The normalized spacial score (nSPS) is 23.3. The molecule has 0 heterocycles. The Morgan fingerprint density at radius 2 is 2.00 bits per heavy atom. The third kappa shape index (κ3) is 5.96. The van der Waals surface area contributed by atoms with Crippen LogP contribution in [0.15, 0.2) is 0 Å². The van der Waals surface area contributed by atoms with Crippen molar-refractivity contribution in [2.24, 2.45) is 11.8 Å². The van der Waals surface area contributed by atoms with Gasteiger partial charge in [0.05, 0.1) is 12.5 Å². The molecule has 110 valence electrons. The van der Waals surface area contributed by atoms with E-state index in [1.54, 1.807) is 0 Å². The second-order valence-corrected chi connectivity index (χ2v) is 4.66. The summed E-state index contributed by atoms with van der Waals surface area (Å²) >= 11 is 0. The van der Waals surface area contributed by atoms with Gasteiger partial charge in [-0.15, -0.1) is 0 Å². The molecule has 2 unspecified atom stereocenters. The first kappa shape index (κ1) is 15.8. The SMILES string of the molecule is O=C(O)C1CCCC(C(=O)NCCOCC(F)F)C1. The van der Waals surface area contributed by atoms with E-state index in [9.17, 15) is 18.4 Å². The van der Waals surface area contributed by atoms with Crippen LogP contribution in [-0.2, 0) is 14.3 Å². The quantitative estimate of drug-likeness (QED) is 0.688. The van der Waals surface area contributed by atoms with Gasteiger partial charge in [-0.3, -0.25) is 9.59 Å². The van der Waals surface area contributed by atoms with E-state index in [2.05, 4.69) is 10.1 Å². The summed E-state index contributed by atoms with van der Waals surface area (Å²) in [6.45, 7) is -0.439. The average Bonchev–Trinajstić information content (AvgIpc) is 2.37. The van der Waals surface area contributed by atoms with Crippen LogP contribution >= 0.6 is 0 Å². The molecule has 1 rings (SSSR count). The number of rotatable bonds is 7. The van der Waals surface area contributed by atoms with Crippen LogP contribution < -0.4 is 5.32 Å². The minimum atomic E-state index is -2.51. The average molecular weight is 279 g/mol. The van der Waals surface area contributed by atoms with Gasteiger partial charge < -0.3 is 15.2 Å². The number of carboxylic acids is 1. The molecule has 1 aliphatic carbocycles. The summed E-state index contributed by atoms with van der Waals surface area (Å²) in [7, 11) is 0. The lowest BCUT2D eigenvalue weighted by molar-refractivity contribution is -0.144. The monoisotopic (exact) mass is 279 g/mol. The Hall–Kier alpha value is -1.24. The largest absolute Gasteiger partial charge is 0.481 e. The number of carbonyl (C=O) groups is 2. The molecule has 2 atom stereocenters. The summed E-state index contributed by atoms with van der Waals surface area (Å²) in [6, 6.07) is 0. The summed E-state index contributed by atoms with van der Waals surface area (Å²) in [5, 5.41) is 11.5. The Morgan fingerprint density at radius 1 is 1.32 bits per heavy atom. The molecular formula is C12H19F2NO4. The predicted molar refractivity (Wildman–Crippen MR) is 62.9 cm³/mol. The van der Waals surface area contributed by atoms with Crippen LogP contribution in [0.5, 0.6) is 0 Å². The van der Waals surface area contributed by atoms with Crippen molar-refractivity contribution in [3.8, 4) is 0 Å². The van der Waals surface area contributed by atoms with E-state index in [0.717, 1.165) is 6.42 Å². The Morgan fingerprint density at radius 3 is 2.63 bits per heavy atom. The van der Waals surface area contributed by atoms with Crippen molar-refractivity contribution in [1.29, 1.82) is 0 Å². The third-order valence-corrected chi connectivity index (χ3v) is 3.18. The molecule has 1 amide bonds. The highest BCUT2D eigenvalue weighted by Gasteiger charge is 2.30. The van der Waals surface area contributed by atoms with E-state index in [-0.39, 0.29) is 25.0 Å². The molecule has 0 aromatic heterocycles. The van der Waals surface area contributed by atoms with Crippen LogP contribution in [0, 0.1) is 11.8 Å². The second kappa shape index (κ2) is 8.04. The number of hydrogen-bond acceptors (Lipinski definition) is 3. The summed E-state index contributed by atoms with van der Waals surface area (Å²) in [5.74, 6) is -1.84. The van der Waals surface area contributed by atoms with Gasteiger partial charge in [0.15, 0.2) is 0 Å². The minimum absolute atomic E-state index is 0.0329. The summed E-state index contributed by atoms with van der Waals surface area (Å²) in [5.41, 5.74) is 0. The Bertz CT molecular complexity index is 312. The van der Waals surface area contributed by atoms with E-state index in [0.29, 0.717) is 19.3 Å². The zero-order valence-electron chi connectivity index (χ0n) is 10.6. The van der Waals surface area contributed by atoms with Crippen LogP contribution in [-0.4, -0.2) is 43.2 Å². The summed E-state index contributed by atoms with van der Waals surface area (Å²) in [4.78, 5) is 22.6. The number of amides is 1. The number of carboxylic acid groups (broad SMARTS) is 1. The van der Waals surface area contributed by atoms with Crippen molar-refractivity contribution in [2.45, 2.75) is 32.1 Å². The molecule has 0 aromatic carbocycles. The van der Waals surface area contributed by atoms with Crippen LogP contribution in [0.1, 0.15) is 25.7 Å². The fourth-order valence-electron chi connectivity index (χ4n) is 2.22. The topological polar surface area (TPSA) is 75.6 Å². The number of ether oxygens (including phenoxy) is 1. The number of carbonyl (C=O) groups excluding carboxylic acids is 1. The van der Waals surface area contributed by atoms with Crippen LogP contribution in [0.3, 0.4) is 0 Å². The first-order valence-corrected chi connectivity index (χ1v) is 6.37. The maximum atomic E-state index is 11.8. The molecule has 19 heavy (non-hydrogen) atoms. The predicted octanol–water partition coefficient (Wildman–Crippen LogP) is 1.28. The molecule has 0 aromatic rings. The zero-order chi connectivity index (χ0) is 14.3. The Kier molecular flexibility index (Phi) is 6.69. The minimum Gasteiger partial charge on any atom is -0.481 e. The molecule has 7 heteroatoms. The van der Waals surface area contributed by atoms with Crippen molar-refractivity contribution < 1.29 is 28.2 Å². The van der Waals surface area contributed by atoms with E-state index >= 15 is 0 Å². The molecule has 1 saturated carbocycles. The van der Waals surface area contributed by atoms with E-state index in [4.69, 9.17) is 5.11 Å². The maximum absolute atomic E-state index is 11.8. The van der Waals surface area contributed by atoms with E-state index in [1.165, 1.54) is 0 Å². The number of nitrogens with one attached hydrogen (secondary N) is 1. The van der Waals surface area contributed by atoms with E-state index in [1.807, 2.05) is 0 Å². The molecular weight excluding hydrogens is 260 g/mol. The van der Waals surface area contributed by atoms with Gasteiger partial charge >= 0.3 is 5.97 Å². The van der Waals surface area contributed by atoms with E-state index < -0.39 is 24.9 Å². The first-order chi connectivity index (χ1) is 9.00. The lowest BCUT2D eigenvalue weighted by Gasteiger charge is -2.25. The van der Waals surface area contributed by atoms with Crippen molar-refractivity contribution in [1.82, 2.24) is 5.32 Å². The van der Waals surface area contributed by atoms with Crippen LogP contribution in [0.2, 0.25) is 0 Å². The molecule has 1 aliphatic rings. The van der Waals surface area contributed by atoms with Crippen molar-refractivity contribution in [2.75, 3.05) is 19.8 Å². The second-order valence-electron chi connectivity index (χ2n) is 4.66. The van der Waals surface area contributed by atoms with Gasteiger partial charge in [-0.1, -0.05) is 6.42 Å². The van der Waals surface area contributed by atoms with Gasteiger partial charge in [0, 0.05) is 12.5 Å². The first-order valence-electron chi connectivity index (χ1n) is 6.37. The zero-order valence-corrected chi connectivity index (χ0v) is 10.6. The standard InChI is InChI=1S/C12H19F2NO4/c13-10(14)7-19-5-4-15-11(16)8-2-1-3-9(6-8)12(17)18/h8-10H,1-7H2,(H,15,16)(H,17,18). The molecule has 0 radical (unpaired) electrons. The van der Waals surface area contributed by atoms with Gasteiger partial charge in [0.25, 0.3) is 6.43 Å². The highest BCUT2D eigenvalue weighted by Crippen LogP contribution is 2.29. The highest BCUT2D eigenvalue weighted by molar-refractivity contribution is 5.80. The molecule has 0 saturated heterocycles. The number of hydrogen-bond donors (Lipinski definition) is 2. The molecule has 2 N–H and O–H groups in total. The smallest absolute Gasteiger partial charge is 0.306 e. The third-order valence-electron chi connectivity index (χ3n) is 3.18. The Balaban J connectivity index is 2.20. The summed E-state index contributed by atoms with van der Waals surface area (Å²) < 4.78 is 28.2. The van der Waals surface area contributed by atoms with Crippen LogP contribution in [0.25, 0.3) is 0 Å². The number of aliphatic carboxylic acids is 1. The molecule has 0 aliphatic heterocycles. The Labute approximate surface area is 110 Å².